The van der Waals surface area contributed by atoms with Gasteiger partial charge in [-0.3, -0.25) is 19.3 Å². The van der Waals surface area contributed by atoms with E-state index >= 15 is 0 Å². The van der Waals surface area contributed by atoms with Gasteiger partial charge in [-0.1, -0.05) is 0 Å². The zero-order valence-electron chi connectivity index (χ0n) is 15.3. The van der Waals surface area contributed by atoms with E-state index < -0.39 is 0 Å². The highest BCUT2D eigenvalue weighted by Gasteiger charge is 2.38. The molecule has 2 atom stereocenters. The van der Waals surface area contributed by atoms with Crippen LogP contribution in [-0.4, -0.2) is 72.5 Å². The number of halogens is 1. The molecular formula is C19H24ClN3O4. The molecule has 1 aromatic carbocycles. The van der Waals surface area contributed by atoms with Gasteiger partial charge in [0.25, 0.3) is 17.7 Å². The molecule has 146 valence electrons. The summed E-state index contributed by atoms with van der Waals surface area (Å²) in [5.41, 5.74) is 1.15. The lowest BCUT2D eigenvalue weighted by Crippen LogP contribution is -2.52. The molecule has 1 unspecified atom stereocenters. The Labute approximate surface area is 164 Å². The van der Waals surface area contributed by atoms with Crippen LogP contribution in [0.4, 0.5) is 0 Å². The number of hydrogen-bond acceptors (Lipinski definition) is 5. The Morgan fingerprint density at radius 3 is 2.74 bits per heavy atom. The zero-order valence-corrected chi connectivity index (χ0v) is 16.1. The maximum absolute atomic E-state index is 12.8. The third-order valence-corrected chi connectivity index (χ3v) is 5.39. The van der Waals surface area contributed by atoms with Crippen LogP contribution >= 0.6 is 12.4 Å². The molecule has 0 spiro atoms. The van der Waals surface area contributed by atoms with Gasteiger partial charge in [-0.2, -0.15) is 0 Å². The van der Waals surface area contributed by atoms with Crippen molar-refractivity contribution >= 4 is 30.1 Å². The van der Waals surface area contributed by atoms with Crippen LogP contribution in [0.25, 0.3) is 0 Å². The maximum Gasteiger partial charge on any atom is 0.261 e. The number of rotatable bonds is 3. The van der Waals surface area contributed by atoms with Gasteiger partial charge in [0.15, 0.2) is 0 Å². The van der Waals surface area contributed by atoms with E-state index in [9.17, 15) is 14.4 Å². The van der Waals surface area contributed by atoms with Gasteiger partial charge in [-0.25, -0.2) is 0 Å². The highest BCUT2D eigenvalue weighted by molar-refractivity contribution is 6.22. The fraction of sp³-hybridized carbons (Fsp3) is 0.526. The molecule has 0 radical (unpaired) electrons. The van der Waals surface area contributed by atoms with E-state index in [0.717, 1.165) is 25.9 Å². The van der Waals surface area contributed by atoms with Crippen LogP contribution in [0, 0.1) is 0 Å². The third kappa shape index (κ3) is 3.59. The van der Waals surface area contributed by atoms with E-state index in [-0.39, 0.29) is 48.8 Å². The summed E-state index contributed by atoms with van der Waals surface area (Å²) in [4.78, 5) is 41.2. The Morgan fingerprint density at radius 2 is 2.04 bits per heavy atom. The van der Waals surface area contributed by atoms with E-state index in [1.807, 2.05) is 11.8 Å². The fourth-order valence-electron chi connectivity index (χ4n) is 3.89. The topological polar surface area (TPSA) is 79.0 Å². The van der Waals surface area contributed by atoms with Gasteiger partial charge >= 0.3 is 0 Å². The molecule has 0 aromatic heterocycles. The van der Waals surface area contributed by atoms with Gasteiger partial charge in [0.2, 0.25) is 0 Å². The summed E-state index contributed by atoms with van der Waals surface area (Å²) in [6, 6.07) is 4.92. The van der Waals surface area contributed by atoms with E-state index in [4.69, 9.17) is 4.74 Å². The second-order valence-corrected chi connectivity index (χ2v) is 7.17. The number of carbonyl (C=O) groups is 3. The molecule has 1 N–H and O–H groups in total. The number of nitrogens with zero attached hydrogens (tertiary/aromatic N) is 2. The predicted octanol–water partition coefficient (Wildman–Crippen LogP) is 1.32. The standard InChI is InChI=1S/C19H23N3O4.ClH/c1-12-10-20-6-7-21(12)17(23)13-4-5-15-16(9-13)19(25)22(18(15)24)11-14-3-2-8-26-14;/h4-5,9,12,14,20H,2-3,6-8,10-11H2,1H3;1H/t12-,14?;/m0./s1. The van der Waals surface area contributed by atoms with Crippen molar-refractivity contribution in [2.24, 2.45) is 0 Å². The van der Waals surface area contributed by atoms with Crippen LogP contribution in [0.2, 0.25) is 0 Å². The van der Waals surface area contributed by atoms with Crippen LogP contribution < -0.4 is 5.32 Å². The second-order valence-electron chi connectivity index (χ2n) is 7.17. The number of carbonyl (C=O) groups excluding carboxylic acids is 3. The maximum atomic E-state index is 12.8. The molecule has 3 amide bonds. The quantitative estimate of drug-likeness (QED) is 0.783. The molecule has 4 rings (SSSR count). The first-order valence-corrected chi connectivity index (χ1v) is 9.20. The minimum atomic E-state index is -0.330. The first-order valence-electron chi connectivity index (χ1n) is 9.20. The third-order valence-electron chi connectivity index (χ3n) is 5.39. The van der Waals surface area contributed by atoms with E-state index in [0.29, 0.717) is 29.8 Å². The van der Waals surface area contributed by atoms with Crippen LogP contribution in [-0.2, 0) is 4.74 Å². The van der Waals surface area contributed by atoms with Crippen molar-refractivity contribution in [3.05, 3.63) is 34.9 Å². The molecule has 0 saturated carbocycles. The number of ether oxygens (including phenoxy) is 1. The molecule has 2 saturated heterocycles. The summed E-state index contributed by atoms with van der Waals surface area (Å²) < 4.78 is 5.55. The molecule has 27 heavy (non-hydrogen) atoms. The molecule has 3 aliphatic rings. The number of benzene rings is 1. The lowest BCUT2D eigenvalue weighted by molar-refractivity contribution is 0.0475. The molecule has 3 heterocycles. The van der Waals surface area contributed by atoms with Crippen molar-refractivity contribution in [2.45, 2.75) is 31.9 Å². The summed E-state index contributed by atoms with van der Waals surface area (Å²) in [7, 11) is 0. The fourth-order valence-corrected chi connectivity index (χ4v) is 3.89. The van der Waals surface area contributed by atoms with Gasteiger partial charge in [-0.05, 0) is 38.0 Å². The van der Waals surface area contributed by atoms with Crippen molar-refractivity contribution in [3.63, 3.8) is 0 Å². The van der Waals surface area contributed by atoms with Gasteiger partial charge in [-0.15, -0.1) is 12.4 Å². The molecule has 0 aliphatic carbocycles. The molecule has 7 nitrogen and oxygen atoms in total. The Bertz CT molecular complexity index is 763. The van der Waals surface area contributed by atoms with E-state index in [1.165, 1.54) is 4.90 Å². The molecule has 2 fully saturated rings. The van der Waals surface area contributed by atoms with Crippen LogP contribution in [0.3, 0.4) is 0 Å². The number of fused-ring (bicyclic) bond motifs is 1. The Hall–Kier alpha value is -1.96. The van der Waals surface area contributed by atoms with E-state index in [2.05, 4.69) is 5.32 Å². The highest BCUT2D eigenvalue weighted by atomic mass is 35.5. The number of piperazine rings is 1. The number of amides is 3. The number of imide groups is 1. The Morgan fingerprint density at radius 1 is 1.26 bits per heavy atom. The summed E-state index contributed by atoms with van der Waals surface area (Å²) in [6.45, 7) is 5.10. The number of nitrogens with one attached hydrogen (secondary N) is 1. The summed E-state index contributed by atoms with van der Waals surface area (Å²) in [6.07, 6.45) is 1.73. The van der Waals surface area contributed by atoms with Gasteiger partial charge in [0.05, 0.1) is 23.8 Å². The zero-order chi connectivity index (χ0) is 18.3. The van der Waals surface area contributed by atoms with Gasteiger partial charge < -0.3 is 15.0 Å². The minimum absolute atomic E-state index is 0. The van der Waals surface area contributed by atoms with Crippen molar-refractivity contribution < 1.29 is 19.1 Å². The minimum Gasteiger partial charge on any atom is -0.376 e. The lowest BCUT2D eigenvalue weighted by Gasteiger charge is -2.34. The molecule has 1 aromatic rings. The van der Waals surface area contributed by atoms with Crippen LogP contribution in [0.1, 0.15) is 50.8 Å². The lowest BCUT2D eigenvalue weighted by atomic mass is 10.0. The predicted molar refractivity (Wildman–Crippen MR) is 101 cm³/mol. The van der Waals surface area contributed by atoms with Gasteiger partial charge in [0.1, 0.15) is 0 Å². The SMILES string of the molecule is C[C@H]1CNCCN1C(=O)c1ccc2c(c1)C(=O)N(CC1CCCO1)C2=O.Cl. The molecular weight excluding hydrogens is 370 g/mol. The highest BCUT2D eigenvalue weighted by Crippen LogP contribution is 2.26. The van der Waals surface area contributed by atoms with Gasteiger partial charge in [0, 0.05) is 37.8 Å². The Balaban J connectivity index is 0.00000210. The van der Waals surface area contributed by atoms with E-state index in [1.54, 1.807) is 18.2 Å². The largest absolute Gasteiger partial charge is 0.376 e. The van der Waals surface area contributed by atoms with Crippen LogP contribution in [0.15, 0.2) is 18.2 Å². The molecule has 3 aliphatic heterocycles. The molecule has 0 bridgehead atoms. The van der Waals surface area contributed by atoms with Crippen molar-refractivity contribution in [2.75, 3.05) is 32.8 Å². The summed E-state index contributed by atoms with van der Waals surface area (Å²) in [5.74, 6) is -0.724. The molecule has 8 heteroatoms. The number of hydrogen-bond donors (Lipinski definition) is 1. The average Bonchev–Trinajstić information content (AvgIpc) is 3.25. The first kappa shape index (κ1) is 19.8. The van der Waals surface area contributed by atoms with Crippen molar-refractivity contribution in [1.29, 1.82) is 0 Å². The first-order chi connectivity index (χ1) is 12.6. The summed E-state index contributed by atoms with van der Waals surface area (Å²) in [5, 5.41) is 3.25. The normalized spacial score (nSPS) is 24.8. The second kappa shape index (κ2) is 7.96. The summed E-state index contributed by atoms with van der Waals surface area (Å²) >= 11 is 0. The smallest absolute Gasteiger partial charge is 0.261 e. The van der Waals surface area contributed by atoms with Crippen molar-refractivity contribution in [1.82, 2.24) is 15.1 Å². The monoisotopic (exact) mass is 393 g/mol. The average molecular weight is 394 g/mol. The van der Waals surface area contributed by atoms with Crippen LogP contribution in [0.5, 0.6) is 0 Å². The Kier molecular flexibility index (Phi) is 5.83. The van der Waals surface area contributed by atoms with Crippen molar-refractivity contribution in [3.8, 4) is 0 Å².